The van der Waals surface area contributed by atoms with Crippen LogP contribution in [-0.2, 0) is 0 Å². The molecule has 312 valence electrons. The van der Waals surface area contributed by atoms with Gasteiger partial charge in [0.05, 0.1) is 0 Å². The predicted octanol–water partition coefficient (Wildman–Crippen LogP) is -15.4. The van der Waals surface area contributed by atoms with Crippen LogP contribution >= 0.6 is 0 Å². The number of hydrogen-bond donors (Lipinski definition) is 0. The molecule has 0 aliphatic carbocycles. The molecule has 0 atom stereocenters. The minimum atomic E-state index is -0.362. The van der Waals surface area contributed by atoms with Gasteiger partial charge in [-0.05, 0) is 27.7 Å². The van der Waals surface area contributed by atoms with Gasteiger partial charge in [0.25, 0.3) is 0 Å². The van der Waals surface area contributed by atoms with Crippen molar-refractivity contribution in [2.45, 2.75) is 0 Å². The molecule has 0 aliphatic heterocycles. The van der Waals surface area contributed by atoms with Crippen LogP contribution in [0.5, 0.6) is 0 Å². The zero-order chi connectivity index (χ0) is 58.1. The van der Waals surface area contributed by atoms with Crippen LogP contribution in [0.15, 0.2) is 65.1 Å². The average Bonchev–Trinajstić information content (AvgIpc) is 3.97. The maximum Gasteiger partial charge on any atom is 0.164 e. The Morgan fingerprint density at radius 1 is 0.237 bits per heavy atom. The number of fused-ring (bicyclic) bond motifs is 3. The van der Waals surface area contributed by atoms with E-state index in [1.807, 2.05) is 60.7 Å². The molecule has 0 spiro atoms. The molecule has 0 saturated heterocycles. The molecular weight excluding hydrogens is 944 g/mol. The smallest absolute Gasteiger partial charge is 0.164 e. The van der Waals surface area contributed by atoms with Crippen molar-refractivity contribution in [3.05, 3.63) is 60.7 Å². The third-order valence-corrected chi connectivity index (χ3v) is 14.3. The molecule has 0 unspecified atom stereocenters. The Balaban J connectivity index is 1.34. The van der Waals surface area contributed by atoms with Crippen molar-refractivity contribution in [2.75, 3.05) is 4.90 Å². The van der Waals surface area contributed by atoms with E-state index in [-0.39, 0.29) is 215 Å². The van der Waals surface area contributed by atoms with Gasteiger partial charge < -0.3 is 9.32 Å². The summed E-state index contributed by atoms with van der Waals surface area (Å²) in [6.07, 6.45) is 0. The molecule has 0 fully saturated rings. The van der Waals surface area contributed by atoms with E-state index in [0.29, 0.717) is 11.1 Å². The molecular formula is C51H10B24N4O. The Hall–Kier alpha value is -6.07. The molecule has 29 heteroatoms. The van der Waals surface area contributed by atoms with E-state index in [0.717, 1.165) is 0 Å². The topological polar surface area (TPSA) is 55.1 Å². The molecule has 2 aromatic heterocycles. The molecule has 10 aromatic rings. The summed E-state index contributed by atoms with van der Waals surface area (Å²) < 4.78 is 6.66. The Labute approximate surface area is 496 Å². The van der Waals surface area contributed by atoms with E-state index < -0.39 is 0 Å². The van der Waals surface area contributed by atoms with E-state index in [1.54, 1.807) is 0 Å². The van der Waals surface area contributed by atoms with Crippen molar-refractivity contribution >= 4 is 358 Å². The van der Waals surface area contributed by atoms with Gasteiger partial charge in [-0.3, -0.25) is 0 Å². The number of benzene rings is 8. The molecule has 8 aromatic carbocycles. The molecule has 5 nitrogen and oxygen atoms in total. The van der Waals surface area contributed by atoms with E-state index in [1.165, 1.54) is 4.90 Å². The molecule has 10 rings (SSSR count). The second kappa shape index (κ2) is 21.0. The summed E-state index contributed by atoms with van der Waals surface area (Å²) in [6.45, 7) is 0. The van der Waals surface area contributed by atoms with Crippen molar-refractivity contribution in [3.63, 3.8) is 0 Å². The van der Waals surface area contributed by atoms with Crippen molar-refractivity contribution in [3.8, 4) is 56.4 Å². The summed E-state index contributed by atoms with van der Waals surface area (Å²) >= 11 is 0. The fraction of sp³-hybridized carbons (Fsp3) is 0. The molecule has 0 N–H and O–H groups in total. The quantitative estimate of drug-likeness (QED) is 0.142. The zero-order valence-electron chi connectivity index (χ0n) is 42.3. The van der Waals surface area contributed by atoms with Gasteiger partial charge in [-0.2, -0.15) is 0 Å². The van der Waals surface area contributed by atoms with Crippen LogP contribution in [0, 0.1) is 0 Å². The first-order valence-electron chi connectivity index (χ1n) is 23.7. The highest BCUT2D eigenvalue weighted by atomic mass is 16.3. The van der Waals surface area contributed by atoms with Crippen LogP contribution in [0.1, 0.15) is 0 Å². The van der Waals surface area contributed by atoms with E-state index in [9.17, 15) is 0 Å². The summed E-state index contributed by atoms with van der Waals surface area (Å²) in [7, 11) is 162. The van der Waals surface area contributed by atoms with Crippen molar-refractivity contribution < 1.29 is 4.42 Å². The normalized spacial score (nSPS) is 11.4. The Bertz CT molecular complexity index is 4060. The highest BCUT2D eigenvalue weighted by Crippen LogP contribution is 2.36. The number of hydrogen-bond acceptors (Lipinski definition) is 5. The fourth-order valence-corrected chi connectivity index (χ4v) is 9.97. The molecule has 0 aliphatic rings. The standard InChI is InChI=1S/C51H10B24N4O/c52-20-14(21(53)31(63)35(67)30(20)62)16-24(56)37(69)44(38(70)25(16)57)79(45-39(71)26(58)17(27(59)40(45)72)15-22(54)32(64)36(68)33(65)23(15)55)46-41(73)28(60)18-13-19(29(61)34(66)42(74)47(13)80-48(18)43(46)75)51-77-49(11-7-3-1-4-8-11)76-50(78-51)12-9-5-2-6-10-12/h1-10H. The van der Waals surface area contributed by atoms with Crippen LogP contribution in [0.4, 0.5) is 17.1 Å². The van der Waals surface area contributed by atoms with Crippen LogP contribution in [0.2, 0.25) is 0 Å². The number of nitrogens with zero attached hydrogens (tertiary/aromatic N) is 4. The van der Waals surface area contributed by atoms with Gasteiger partial charge in [0.2, 0.25) is 0 Å². The van der Waals surface area contributed by atoms with Crippen molar-refractivity contribution in [1.82, 2.24) is 15.0 Å². The van der Waals surface area contributed by atoms with E-state index in [4.69, 9.17) is 208 Å². The Morgan fingerprint density at radius 2 is 0.500 bits per heavy atom. The highest BCUT2D eigenvalue weighted by molar-refractivity contribution is 6.74. The second-order valence-corrected chi connectivity index (χ2v) is 18.7. The second-order valence-electron chi connectivity index (χ2n) is 18.7. The van der Waals surface area contributed by atoms with Gasteiger partial charge in [-0.1, -0.05) is 148 Å². The number of rotatable bonds is 8. The molecule has 80 heavy (non-hydrogen) atoms. The lowest BCUT2D eigenvalue weighted by Gasteiger charge is -2.39. The number of aromatic nitrogens is 3. The molecule has 0 amide bonds. The summed E-state index contributed by atoms with van der Waals surface area (Å²) in [5.41, 5.74) is -5.21. The maximum atomic E-state index is 7.36. The number of furan rings is 1. The van der Waals surface area contributed by atoms with Gasteiger partial charge in [0, 0.05) is 44.5 Å². The van der Waals surface area contributed by atoms with Crippen molar-refractivity contribution in [1.29, 1.82) is 0 Å². The zero-order valence-corrected chi connectivity index (χ0v) is 42.3. The predicted molar refractivity (Wildman–Crippen MR) is 358 cm³/mol. The molecule has 2 heterocycles. The molecule has 48 radical (unpaired) electrons. The first-order valence-corrected chi connectivity index (χ1v) is 23.7. The van der Waals surface area contributed by atoms with E-state index in [2.05, 4.69) is 0 Å². The summed E-state index contributed by atoms with van der Waals surface area (Å²) in [6, 6.07) is 18.3. The average molecular weight is 954 g/mol. The first kappa shape index (κ1) is 57.2. The van der Waals surface area contributed by atoms with Gasteiger partial charge in [-0.25, -0.2) is 15.0 Å². The fourth-order valence-electron chi connectivity index (χ4n) is 9.97. The van der Waals surface area contributed by atoms with Gasteiger partial charge in [0.15, 0.2) is 17.5 Å². The third kappa shape index (κ3) is 8.53. The van der Waals surface area contributed by atoms with Crippen LogP contribution in [0.3, 0.4) is 0 Å². The summed E-state index contributed by atoms with van der Waals surface area (Å²) in [5.74, 6) is 0.584. The van der Waals surface area contributed by atoms with Crippen LogP contribution < -0.4 is 136 Å². The lowest BCUT2D eigenvalue weighted by atomic mass is 9.56. The SMILES string of the molecule is [B]c1c([B])c([B])c(-c2c([B])c([B])c(N(c3c([B])c([B])c(-c4c([B])c([B])c([B])c([B])c4[B])c([B])c3[B])c3c([B])c([B])c4c(oc5c([B])c([B])c([B])c(-c6nc(-c7ccccc7)nc(-c7ccccc7)n6)c54)c3[B])c([B])c2[B])c([B])c1[B]. The molecule has 0 saturated carbocycles. The molecule has 0 bridgehead atoms. The Morgan fingerprint density at radius 3 is 0.863 bits per heavy atom. The summed E-state index contributed by atoms with van der Waals surface area (Å²) in [4.78, 5) is 15.8. The van der Waals surface area contributed by atoms with Gasteiger partial charge in [0.1, 0.15) is 199 Å². The van der Waals surface area contributed by atoms with E-state index >= 15 is 0 Å². The highest BCUT2D eigenvalue weighted by Gasteiger charge is 2.33. The van der Waals surface area contributed by atoms with Gasteiger partial charge >= 0.3 is 0 Å². The minimum absolute atomic E-state index is 0.0341. The van der Waals surface area contributed by atoms with Crippen molar-refractivity contribution in [2.24, 2.45) is 0 Å². The lowest BCUT2D eigenvalue weighted by molar-refractivity contribution is 0.674. The monoisotopic (exact) mass is 958 g/mol. The largest absolute Gasteiger partial charge is 0.457 e. The first-order chi connectivity index (χ1) is 37.8. The lowest BCUT2D eigenvalue weighted by Crippen LogP contribution is -2.58. The minimum Gasteiger partial charge on any atom is -0.457 e. The van der Waals surface area contributed by atoms with Crippen LogP contribution in [0.25, 0.3) is 78.4 Å². The van der Waals surface area contributed by atoms with Crippen LogP contribution in [-0.4, -0.2) is 203 Å². The van der Waals surface area contributed by atoms with Gasteiger partial charge in [-0.15, -0.1) is 38.2 Å². The third-order valence-electron chi connectivity index (χ3n) is 14.3. The Kier molecular flexibility index (Phi) is 15.0. The summed E-state index contributed by atoms with van der Waals surface area (Å²) in [5, 5.41) is 0.209. The maximum absolute atomic E-state index is 7.36. The number of anilines is 3.